The smallest absolute Gasteiger partial charge is 0.388 e. The van der Waals surface area contributed by atoms with E-state index in [-0.39, 0.29) is 36.5 Å². The van der Waals surface area contributed by atoms with Crippen molar-refractivity contribution < 1.29 is 14.1 Å². The highest BCUT2D eigenvalue weighted by Gasteiger charge is 2.54. The molecule has 11 heteroatoms. The Morgan fingerprint density at radius 3 is 2.43 bits per heavy atom. The van der Waals surface area contributed by atoms with Crippen molar-refractivity contribution in [2.45, 2.75) is 62.6 Å². The van der Waals surface area contributed by atoms with Gasteiger partial charge in [0.05, 0.1) is 18.0 Å². The Hall–Kier alpha value is -4.69. The summed E-state index contributed by atoms with van der Waals surface area (Å²) in [5.74, 6) is -0.211. The van der Waals surface area contributed by atoms with Gasteiger partial charge in [0.1, 0.15) is 6.04 Å². The zero-order valence-corrected chi connectivity index (χ0v) is 25.2. The molecule has 1 saturated carbocycles. The normalized spacial score (nSPS) is 23.8. The summed E-state index contributed by atoms with van der Waals surface area (Å²) in [6.45, 7) is 6.23. The average molecular weight is 596 g/mol. The SMILES string of the molecule is C=C(NC)c1ccc2c(c1)CCc1cc(C(=O)NC)ccc1C2(C[C@@H](C)NCC(=O)N1C(C#N)C[C@@H]2CC21)c1nc(=O)o[nH]1. The van der Waals surface area contributed by atoms with Gasteiger partial charge in [0, 0.05) is 37.4 Å². The average Bonchev–Trinajstić information content (AvgIpc) is 3.53. The van der Waals surface area contributed by atoms with E-state index in [0.29, 0.717) is 36.6 Å². The number of nitriles is 1. The van der Waals surface area contributed by atoms with Gasteiger partial charge in [0.15, 0.2) is 5.82 Å². The lowest BCUT2D eigenvalue weighted by molar-refractivity contribution is -0.131. The Kier molecular flexibility index (Phi) is 7.63. The van der Waals surface area contributed by atoms with Crippen LogP contribution < -0.4 is 21.7 Å². The highest BCUT2D eigenvalue weighted by atomic mass is 16.5. The minimum Gasteiger partial charge on any atom is -0.388 e. The number of H-pyrrole nitrogens is 1. The maximum absolute atomic E-state index is 13.3. The van der Waals surface area contributed by atoms with Crippen LogP contribution >= 0.6 is 0 Å². The minimum absolute atomic E-state index is 0.0793. The monoisotopic (exact) mass is 595 g/mol. The molecule has 2 aromatic carbocycles. The Bertz CT molecular complexity index is 1670. The molecule has 3 aromatic rings. The first-order valence-corrected chi connectivity index (χ1v) is 15.1. The largest absolute Gasteiger partial charge is 0.459 e. The highest BCUT2D eigenvalue weighted by molar-refractivity contribution is 5.94. The number of aryl methyl sites for hydroxylation is 2. The van der Waals surface area contributed by atoms with Crippen molar-refractivity contribution in [2.24, 2.45) is 5.92 Å². The number of aromatic nitrogens is 2. The number of aromatic amines is 1. The summed E-state index contributed by atoms with van der Waals surface area (Å²) in [7, 11) is 3.43. The number of likely N-dealkylation sites (tertiary alicyclic amines) is 1. The molecule has 1 saturated heterocycles. The molecule has 3 aliphatic rings. The van der Waals surface area contributed by atoms with Crippen molar-refractivity contribution in [2.75, 3.05) is 20.6 Å². The van der Waals surface area contributed by atoms with Crippen LogP contribution in [0.15, 0.2) is 52.3 Å². The first-order chi connectivity index (χ1) is 21.2. The fraction of sp³-hybridized carbons (Fsp3) is 0.424. The molecule has 6 rings (SSSR count). The predicted molar refractivity (Wildman–Crippen MR) is 164 cm³/mol. The molecule has 2 amide bonds. The zero-order valence-electron chi connectivity index (χ0n) is 25.2. The number of benzene rings is 2. The number of hydrogen-bond acceptors (Lipinski definition) is 8. The van der Waals surface area contributed by atoms with Crippen molar-refractivity contribution in [1.82, 2.24) is 31.0 Å². The Morgan fingerprint density at radius 2 is 1.82 bits per heavy atom. The molecule has 5 atom stereocenters. The van der Waals surface area contributed by atoms with Crippen molar-refractivity contribution in [1.29, 1.82) is 5.26 Å². The second-order valence-corrected chi connectivity index (χ2v) is 12.1. The Balaban J connectivity index is 1.43. The van der Waals surface area contributed by atoms with Gasteiger partial charge in [-0.15, -0.1) is 0 Å². The zero-order chi connectivity index (χ0) is 31.2. The van der Waals surface area contributed by atoms with E-state index in [4.69, 9.17) is 4.52 Å². The third-order valence-electron chi connectivity index (χ3n) is 9.53. The molecule has 0 radical (unpaired) electrons. The first-order valence-electron chi connectivity index (χ1n) is 15.1. The number of rotatable bonds is 9. The van der Waals surface area contributed by atoms with Crippen molar-refractivity contribution in [3.05, 3.63) is 92.7 Å². The van der Waals surface area contributed by atoms with Gasteiger partial charge in [-0.3, -0.25) is 9.59 Å². The quantitative estimate of drug-likeness (QED) is 0.294. The number of nitrogens with one attached hydrogen (secondary N) is 4. The van der Waals surface area contributed by atoms with Gasteiger partial charge in [-0.1, -0.05) is 24.8 Å². The van der Waals surface area contributed by atoms with Crippen LogP contribution in [0.1, 0.15) is 70.2 Å². The van der Waals surface area contributed by atoms with Crippen molar-refractivity contribution in [3.8, 4) is 6.07 Å². The number of amides is 2. The predicted octanol–water partition coefficient (Wildman–Crippen LogP) is 2.23. The van der Waals surface area contributed by atoms with E-state index in [2.05, 4.69) is 50.9 Å². The van der Waals surface area contributed by atoms with Crippen LogP contribution in [0, 0.1) is 17.2 Å². The van der Waals surface area contributed by atoms with E-state index in [9.17, 15) is 19.6 Å². The van der Waals surface area contributed by atoms with Crippen LogP contribution in [0.3, 0.4) is 0 Å². The van der Waals surface area contributed by atoms with Gasteiger partial charge < -0.3 is 25.4 Å². The summed E-state index contributed by atoms with van der Waals surface area (Å²) >= 11 is 0. The van der Waals surface area contributed by atoms with Gasteiger partial charge in [0.25, 0.3) is 5.91 Å². The summed E-state index contributed by atoms with van der Waals surface area (Å²) in [6, 6.07) is 13.6. The summed E-state index contributed by atoms with van der Waals surface area (Å²) in [5.41, 5.74) is 5.14. The molecule has 2 fully saturated rings. The van der Waals surface area contributed by atoms with Gasteiger partial charge in [-0.2, -0.15) is 10.2 Å². The molecular formula is C33H37N7O4. The van der Waals surface area contributed by atoms with E-state index in [1.165, 1.54) is 0 Å². The highest BCUT2D eigenvalue weighted by Crippen LogP contribution is 2.48. The van der Waals surface area contributed by atoms with E-state index in [1.54, 1.807) is 18.0 Å². The fourth-order valence-electron chi connectivity index (χ4n) is 7.26. The lowest BCUT2D eigenvalue weighted by atomic mass is 9.67. The van der Waals surface area contributed by atoms with Gasteiger partial charge in [-0.25, -0.2) is 9.95 Å². The summed E-state index contributed by atoms with van der Waals surface area (Å²) in [5, 5.41) is 21.6. The standard InChI is InChI=1S/C33H37N7O4/c1-18(37-17-29(41)40-25(16-34)13-24-14-28(24)40)15-33(31-38-32(43)44-39-31)26-9-7-20(19(2)35-3)11-21(26)5-6-22-12-23(30(42)36-4)8-10-27(22)33/h7-12,18,24-25,28,35,37H,2,5-6,13-15,17H2,1,3-4H3,(H,36,42)(H,38,39,43)/t18-,24-,25?,28?,33?/m1/s1. The fourth-order valence-corrected chi connectivity index (χ4v) is 7.26. The molecule has 1 aliphatic heterocycles. The second-order valence-electron chi connectivity index (χ2n) is 12.1. The number of piperidine rings is 1. The maximum atomic E-state index is 13.3. The molecule has 4 N–H and O–H groups in total. The number of carbonyl (C=O) groups excluding carboxylic acids is 2. The molecule has 3 unspecified atom stereocenters. The van der Waals surface area contributed by atoms with Crippen LogP contribution in [0.2, 0.25) is 0 Å². The topological polar surface area (TPSA) is 156 Å². The molecule has 2 aliphatic carbocycles. The van der Waals surface area contributed by atoms with Gasteiger partial charge >= 0.3 is 5.76 Å². The summed E-state index contributed by atoms with van der Waals surface area (Å²) in [6.07, 6.45) is 3.47. The lowest BCUT2D eigenvalue weighted by Crippen LogP contribution is -2.46. The third kappa shape index (κ3) is 4.99. The Labute approximate surface area is 255 Å². The minimum atomic E-state index is -0.978. The second kappa shape index (κ2) is 11.4. The number of carbonyl (C=O) groups is 2. The lowest BCUT2D eigenvalue weighted by Gasteiger charge is -2.37. The molecule has 44 heavy (non-hydrogen) atoms. The molecule has 0 spiro atoms. The molecule has 228 valence electrons. The van der Waals surface area contributed by atoms with Crippen LogP contribution in [0.5, 0.6) is 0 Å². The van der Waals surface area contributed by atoms with Crippen molar-refractivity contribution in [3.63, 3.8) is 0 Å². The Morgan fingerprint density at radius 1 is 1.14 bits per heavy atom. The van der Waals surface area contributed by atoms with Gasteiger partial charge in [0.2, 0.25) is 5.91 Å². The van der Waals surface area contributed by atoms with E-state index in [0.717, 1.165) is 46.4 Å². The molecule has 0 bridgehead atoms. The number of fused-ring (bicyclic) bond motifs is 3. The first kappa shape index (κ1) is 29.4. The van der Waals surface area contributed by atoms with E-state index >= 15 is 0 Å². The van der Waals surface area contributed by atoms with Crippen LogP contribution in [-0.2, 0) is 23.1 Å². The van der Waals surface area contributed by atoms with Crippen LogP contribution in [0.4, 0.5) is 0 Å². The number of nitrogens with zero attached hydrogens (tertiary/aromatic N) is 3. The molecular weight excluding hydrogens is 558 g/mol. The van der Waals surface area contributed by atoms with E-state index < -0.39 is 11.2 Å². The molecule has 2 heterocycles. The van der Waals surface area contributed by atoms with Crippen LogP contribution in [-0.4, -0.2) is 65.6 Å². The van der Waals surface area contributed by atoms with Crippen LogP contribution in [0.25, 0.3) is 5.70 Å². The van der Waals surface area contributed by atoms with Crippen molar-refractivity contribution >= 4 is 17.5 Å². The third-order valence-corrected chi connectivity index (χ3v) is 9.53. The number of hydrogen-bond donors (Lipinski definition) is 4. The molecule has 11 nitrogen and oxygen atoms in total. The summed E-state index contributed by atoms with van der Waals surface area (Å²) < 4.78 is 5.17. The maximum Gasteiger partial charge on any atom is 0.459 e. The van der Waals surface area contributed by atoms with E-state index in [1.807, 2.05) is 32.2 Å². The summed E-state index contributed by atoms with van der Waals surface area (Å²) in [4.78, 5) is 44.4. The van der Waals surface area contributed by atoms with Gasteiger partial charge in [-0.05, 0) is 91.0 Å². The molecule has 1 aromatic heterocycles.